The zero-order valence-electron chi connectivity index (χ0n) is 16.8. The molecule has 0 amide bonds. The predicted octanol–water partition coefficient (Wildman–Crippen LogP) is 1.77. The van der Waals surface area contributed by atoms with Crippen molar-refractivity contribution in [1.29, 1.82) is 0 Å². The molecule has 9 heteroatoms. The molecule has 0 unspecified atom stereocenters. The Morgan fingerprint density at radius 3 is 2.72 bits per heavy atom. The number of nitrogens with two attached hydrogens (primary N) is 1. The second-order valence-corrected chi connectivity index (χ2v) is 7.43. The number of ether oxygens (including phenoxy) is 1. The molecule has 1 aliphatic rings. The fraction of sp³-hybridized carbons (Fsp3) is 0.450. The highest BCUT2D eigenvalue weighted by Crippen LogP contribution is 2.29. The average molecular weight is 399 g/mol. The van der Waals surface area contributed by atoms with Gasteiger partial charge in [0, 0.05) is 51.5 Å². The van der Waals surface area contributed by atoms with Crippen LogP contribution in [0, 0.1) is 5.82 Å². The number of benzene rings is 1. The summed E-state index contributed by atoms with van der Waals surface area (Å²) in [6, 6.07) is 4.89. The van der Waals surface area contributed by atoms with Crippen LogP contribution in [0.1, 0.15) is 6.42 Å². The van der Waals surface area contributed by atoms with Gasteiger partial charge in [0.1, 0.15) is 5.69 Å². The van der Waals surface area contributed by atoms with E-state index in [1.807, 2.05) is 0 Å². The summed E-state index contributed by atoms with van der Waals surface area (Å²) in [5.74, 6) is 0.0312. The van der Waals surface area contributed by atoms with E-state index in [0.29, 0.717) is 23.5 Å². The largest absolute Gasteiger partial charge is 0.490 e. The van der Waals surface area contributed by atoms with Crippen LogP contribution in [0.5, 0.6) is 5.75 Å². The van der Waals surface area contributed by atoms with Crippen molar-refractivity contribution in [2.24, 2.45) is 7.05 Å². The van der Waals surface area contributed by atoms with Gasteiger partial charge in [0.05, 0.1) is 12.0 Å². The van der Waals surface area contributed by atoms with Gasteiger partial charge >= 0.3 is 0 Å². The maximum absolute atomic E-state index is 14.6. The number of hydrogen-bond donors (Lipinski definition) is 1. The Bertz CT molecular complexity index is 998. The van der Waals surface area contributed by atoms with E-state index in [2.05, 4.69) is 31.9 Å². The SMILES string of the molecule is CN1CCN(CCCOc2ccc(-c3nn(C)c4nc(N)ncc34)cc2F)CC1. The first-order valence-electron chi connectivity index (χ1n) is 9.80. The highest BCUT2D eigenvalue weighted by Gasteiger charge is 2.16. The normalized spacial score (nSPS) is 15.8. The lowest BCUT2D eigenvalue weighted by molar-refractivity contribution is 0.145. The number of halogens is 1. The Morgan fingerprint density at radius 1 is 1.17 bits per heavy atom. The molecular formula is C20H26FN7O. The third-order valence-electron chi connectivity index (χ3n) is 5.28. The first kappa shape index (κ1) is 19.5. The lowest BCUT2D eigenvalue weighted by atomic mass is 10.1. The molecule has 1 fully saturated rings. The molecule has 2 N–H and O–H groups in total. The zero-order valence-corrected chi connectivity index (χ0v) is 16.8. The molecule has 1 aromatic carbocycles. The van der Waals surface area contributed by atoms with Crippen LogP contribution in [0.3, 0.4) is 0 Å². The Kier molecular flexibility index (Phi) is 5.59. The molecule has 0 atom stereocenters. The molecule has 1 aliphatic heterocycles. The summed E-state index contributed by atoms with van der Waals surface area (Å²) in [5.41, 5.74) is 7.52. The number of aromatic nitrogens is 4. The van der Waals surface area contributed by atoms with Crippen LogP contribution >= 0.6 is 0 Å². The number of rotatable bonds is 6. The first-order valence-corrected chi connectivity index (χ1v) is 9.80. The Labute approximate surface area is 169 Å². The van der Waals surface area contributed by atoms with E-state index >= 15 is 0 Å². The standard InChI is InChI=1S/C20H26FN7O/c1-26-7-9-28(10-8-26)6-3-11-29-17-5-4-14(12-16(17)21)18-15-13-23-20(22)24-19(15)27(2)25-18/h4-5,12-13H,3,6-11H2,1-2H3,(H2,22,23,24). The Morgan fingerprint density at radius 2 is 1.97 bits per heavy atom. The number of piperazine rings is 1. The third kappa shape index (κ3) is 4.30. The van der Waals surface area contributed by atoms with Crippen molar-refractivity contribution in [3.05, 3.63) is 30.2 Å². The van der Waals surface area contributed by atoms with Crippen molar-refractivity contribution < 1.29 is 9.13 Å². The molecule has 0 spiro atoms. The van der Waals surface area contributed by atoms with Crippen LogP contribution < -0.4 is 10.5 Å². The summed E-state index contributed by atoms with van der Waals surface area (Å²) in [7, 11) is 3.91. The molecule has 29 heavy (non-hydrogen) atoms. The Balaban J connectivity index is 1.40. The van der Waals surface area contributed by atoms with E-state index < -0.39 is 5.82 Å². The van der Waals surface area contributed by atoms with Crippen LogP contribution in [0.4, 0.5) is 10.3 Å². The van der Waals surface area contributed by atoms with Crippen molar-refractivity contribution in [3.8, 4) is 17.0 Å². The summed E-state index contributed by atoms with van der Waals surface area (Å²) in [5, 5.41) is 5.17. The predicted molar refractivity (Wildman–Crippen MR) is 110 cm³/mol. The summed E-state index contributed by atoms with van der Waals surface area (Å²) >= 11 is 0. The molecule has 0 radical (unpaired) electrons. The molecule has 0 aliphatic carbocycles. The van der Waals surface area contributed by atoms with Gasteiger partial charge in [-0.15, -0.1) is 0 Å². The summed E-state index contributed by atoms with van der Waals surface area (Å²) < 4.78 is 21.9. The second kappa shape index (κ2) is 8.30. The lowest BCUT2D eigenvalue weighted by Crippen LogP contribution is -2.44. The summed E-state index contributed by atoms with van der Waals surface area (Å²) in [4.78, 5) is 13.0. The van der Waals surface area contributed by atoms with Gasteiger partial charge in [0.25, 0.3) is 0 Å². The number of nitrogens with zero attached hydrogens (tertiary/aromatic N) is 6. The van der Waals surface area contributed by atoms with Crippen molar-refractivity contribution >= 4 is 17.0 Å². The van der Waals surface area contributed by atoms with Gasteiger partial charge in [-0.05, 0) is 31.7 Å². The smallest absolute Gasteiger partial charge is 0.222 e. The average Bonchev–Trinajstić information content (AvgIpc) is 3.03. The number of nitrogen functional groups attached to an aromatic ring is 1. The van der Waals surface area contributed by atoms with E-state index in [1.54, 1.807) is 30.1 Å². The van der Waals surface area contributed by atoms with Gasteiger partial charge in [-0.25, -0.2) is 14.1 Å². The fourth-order valence-corrected chi connectivity index (χ4v) is 3.57. The van der Waals surface area contributed by atoms with Crippen molar-refractivity contribution in [1.82, 2.24) is 29.5 Å². The van der Waals surface area contributed by atoms with E-state index in [-0.39, 0.29) is 11.7 Å². The monoisotopic (exact) mass is 399 g/mol. The van der Waals surface area contributed by atoms with Crippen molar-refractivity contribution in [2.75, 3.05) is 52.1 Å². The summed E-state index contributed by atoms with van der Waals surface area (Å²) in [6.45, 7) is 5.80. The van der Waals surface area contributed by atoms with Crippen molar-refractivity contribution in [3.63, 3.8) is 0 Å². The second-order valence-electron chi connectivity index (χ2n) is 7.43. The molecule has 0 saturated carbocycles. The first-order chi connectivity index (χ1) is 14.0. The minimum absolute atomic E-state index is 0.179. The molecule has 0 bridgehead atoms. The molecular weight excluding hydrogens is 373 g/mol. The number of aryl methyl sites for hydroxylation is 1. The molecule has 2 aromatic heterocycles. The van der Waals surface area contributed by atoms with Gasteiger partial charge in [-0.3, -0.25) is 0 Å². The van der Waals surface area contributed by atoms with Crippen LogP contribution in [-0.4, -0.2) is 75.9 Å². The van der Waals surface area contributed by atoms with Crippen LogP contribution in [0.25, 0.3) is 22.3 Å². The zero-order chi connectivity index (χ0) is 20.4. The highest BCUT2D eigenvalue weighted by molar-refractivity contribution is 5.91. The van der Waals surface area contributed by atoms with E-state index in [1.165, 1.54) is 6.07 Å². The summed E-state index contributed by atoms with van der Waals surface area (Å²) in [6.07, 6.45) is 2.48. The number of anilines is 1. The molecule has 154 valence electrons. The quantitative estimate of drug-likeness (QED) is 0.632. The minimum Gasteiger partial charge on any atom is -0.490 e. The molecule has 4 rings (SSSR count). The van der Waals surface area contributed by atoms with Crippen molar-refractivity contribution in [2.45, 2.75) is 6.42 Å². The van der Waals surface area contributed by atoms with E-state index in [0.717, 1.165) is 44.5 Å². The third-order valence-corrected chi connectivity index (χ3v) is 5.28. The lowest BCUT2D eigenvalue weighted by Gasteiger charge is -2.32. The van der Waals surface area contributed by atoms with Gasteiger partial charge in [-0.1, -0.05) is 0 Å². The minimum atomic E-state index is -0.405. The topological polar surface area (TPSA) is 85.3 Å². The van der Waals surface area contributed by atoms with E-state index in [9.17, 15) is 4.39 Å². The number of likely N-dealkylation sites (N-methyl/N-ethyl adjacent to an activating group) is 1. The maximum Gasteiger partial charge on any atom is 0.222 e. The molecule has 8 nitrogen and oxygen atoms in total. The molecule has 3 heterocycles. The van der Waals surface area contributed by atoms with Gasteiger partial charge in [0.2, 0.25) is 5.95 Å². The van der Waals surface area contributed by atoms with Gasteiger partial charge in [-0.2, -0.15) is 10.1 Å². The number of hydrogen-bond acceptors (Lipinski definition) is 7. The Hall–Kier alpha value is -2.78. The van der Waals surface area contributed by atoms with Crippen LogP contribution in [0.15, 0.2) is 24.4 Å². The van der Waals surface area contributed by atoms with Crippen LogP contribution in [-0.2, 0) is 7.05 Å². The molecule has 3 aromatic rings. The fourth-order valence-electron chi connectivity index (χ4n) is 3.57. The van der Waals surface area contributed by atoms with E-state index in [4.69, 9.17) is 10.5 Å². The number of fused-ring (bicyclic) bond motifs is 1. The maximum atomic E-state index is 14.6. The molecule has 1 saturated heterocycles. The van der Waals surface area contributed by atoms with Gasteiger partial charge < -0.3 is 20.3 Å². The van der Waals surface area contributed by atoms with Crippen LogP contribution in [0.2, 0.25) is 0 Å². The highest BCUT2D eigenvalue weighted by atomic mass is 19.1. The van der Waals surface area contributed by atoms with Gasteiger partial charge in [0.15, 0.2) is 17.2 Å².